The molecule has 0 heterocycles. The van der Waals surface area contributed by atoms with Crippen LogP contribution in [0.3, 0.4) is 0 Å². The Balaban J connectivity index is 2.28. The number of carbonyl (C=O) groups excluding carboxylic acids is 1. The highest BCUT2D eigenvalue weighted by atomic mass is 16.5. The van der Waals surface area contributed by atoms with Gasteiger partial charge in [0.15, 0.2) is 0 Å². The van der Waals surface area contributed by atoms with Gasteiger partial charge in [-0.15, -0.1) is 0 Å². The molecular weight excluding hydrogens is 214 g/mol. The van der Waals surface area contributed by atoms with Gasteiger partial charge in [-0.2, -0.15) is 5.26 Å². The van der Waals surface area contributed by atoms with E-state index in [1.807, 2.05) is 20.8 Å². The Kier molecular flexibility index (Phi) is 5.64. The molecule has 1 aliphatic carbocycles. The lowest BCUT2D eigenvalue weighted by atomic mass is 9.77. The maximum Gasteiger partial charge on any atom is 0.150 e. The monoisotopic (exact) mass is 237 g/mol. The Morgan fingerprint density at radius 3 is 2.59 bits per heavy atom. The van der Waals surface area contributed by atoms with Crippen molar-refractivity contribution >= 4 is 5.78 Å². The molecule has 1 rings (SSSR count). The first kappa shape index (κ1) is 14.2. The molecule has 1 unspecified atom stereocenters. The van der Waals surface area contributed by atoms with Crippen LogP contribution < -0.4 is 0 Å². The zero-order valence-corrected chi connectivity index (χ0v) is 11.1. The summed E-state index contributed by atoms with van der Waals surface area (Å²) < 4.78 is 5.46. The fourth-order valence-electron chi connectivity index (χ4n) is 2.37. The summed E-state index contributed by atoms with van der Waals surface area (Å²) in [6.45, 7) is 6.84. The first-order chi connectivity index (χ1) is 8.06. The first-order valence-electron chi connectivity index (χ1n) is 6.60. The van der Waals surface area contributed by atoms with E-state index < -0.39 is 5.92 Å². The maximum absolute atomic E-state index is 11.9. The highest BCUT2D eigenvalue weighted by molar-refractivity contribution is 5.83. The third-order valence-corrected chi connectivity index (χ3v) is 3.34. The summed E-state index contributed by atoms with van der Waals surface area (Å²) in [5, 5.41) is 8.99. The normalized spacial score (nSPS) is 25.1. The van der Waals surface area contributed by atoms with Gasteiger partial charge < -0.3 is 4.74 Å². The molecule has 0 aromatic carbocycles. The van der Waals surface area contributed by atoms with Gasteiger partial charge >= 0.3 is 0 Å². The molecule has 1 saturated carbocycles. The molecule has 3 nitrogen and oxygen atoms in total. The van der Waals surface area contributed by atoms with Gasteiger partial charge in [0.05, 0.1) is 12.2 Å². The lowest BCUT2D eigenvalue weighted by Gasteiger charge is -2.34. The number of ketones is 1. The summed E-state index contributed by atoms with van der Waals surface area (Å²) in [4.78, 5) is 11.9. The fourth-order valence-corrected chi connectivity index (χ4v) is 2.37. The SMILES string of the molecule is CCOC1CC(CC(=O)C(C#N)CC(C)C)C1. The predicted octanol–water partition coefficient (Wildman–Crippen LogP) is 2.95. The van der Waals surface area contributed by atoms with E-state index >= 15 is 0 Å². The van der Waals surface area contributed by atoms with Gasteiger partial charge in [0.1, 0.15) is 11.7 Å². The smallest absolute Gasteiger partial charge is 0.150 e. The summed E-state index contributed by atoms with van der Waals surface area (Å²) in [6, 6.07) is 2.14. The molecule has 1 atom stereocenters. The number of carbonyl (C=O) groups is 1. The number of rotatable bonds is 7. The van der Waals surface area contributed by atoms with Crippen LogP contribution in [0.1, 0.15) is 46.5 Å². The van der Waals surface area contributed by atoms with Crippen LogP contribution in [0.5, 0.6) is 0 Å². The van der Waals surface area contributed by atoms with Crippen LogP contribution in [0.15, 0.2) is 0 Å². The van der Waals surface area contributed by atoms with Crippen molar-refractivity contribution in [2.75, 3.05) is 6.61 Å². The Morgan fingerprint density at radius 2 is 2.12 bits per heavy atom. The van der Waals surface area contributed by atoms with Gasteiger partial charge in [-0.25, -0.2) is 0 Å². The van der Waals surface area contributed by atoms with E-state index in [1.54, 1.807) is 0 Å². The predicted molar refractivity (Wildman–Crippen MR) is 66.3 cm³/mol. The topological polar surface area (TPSA) is 50.1 Å². The van der Waals surface area contributed by atoms with E-state index in [1.165, 1.54) is 0 Å². The molecule has 1 aliphatic rings. The minimum Gasteiger partial charge on any atom is -0.378 e. The highest BCUT2D eigenvalue weighted by Crippen LogP contribution is 2.34. The lowest BCUT2D eigenvalue weighted by Crippen LogP contribution is -2.34. The van der Waals surface area contributed by atoms with Crippen molar-refractivity contribution in [3.8, 4) is 6.07 Å². The van der Waals surface area contributed by atoms with E-state index in [-0.39, 0.29) is 5.78 Å². The van der Waals surface area contributed by atoms with Crippen molar-refractivity contribution in [2.45, 2.75) is 52.6 Å². The van der Waals surface area contributed by atoms with Crippen molar-refractivity contribution in [3.05, 3.63) is 0 Å². The van der Waals surface area contributed by atoms with Crippen LogP contribution >= 0.6 is 0 Å². The molecule has 0 radical (unpaired) electrons. The maximum atomic E-state index is 11.9. The van der Waals surface area contributed by atoms with Crippen molar-refractivity contribution in [3.63, 3.8) is 0 Å². The van der Waals surface area contributed by atoms with Gasteiger partial charge in [-0.05, 0) is 38.0 Å². The van der Waals surface area contributed by atoms with Gasteiger partial charge in [0, 0.05) is 13.0 Å². The summed E-state index contributed by atoms with van der Waals surface area (Å²) in [7, 11) is 0. The lowest BCUT2D eigenvalue weighted by molar-refractivity contribution is -0.124. The van der Waals surface area contributed by atoms with E-state index in [0.29, 0.717) is 30.8 Å². The van der Waals surface area contributed by atoms with Crippen LogP contribution in [0.2, 0.25) is 0 Å². The van der Waals surface area contributed by atoms with E-state index in [0.717, 1.165) is 19.4 Å². The molecule has 0 aliphatic heterocycles. The molecule has 0 saturated heterocycles. The molecule has 0 aromatic heterocycles. The molecule has 0 aromatic rings. The molecule has 0 amide bonds. The summed E-state index contributed by atoms with van der Waals surface area (Å²) in [6.07, 6.45) is 3.58. The molecule has 1 fully saturated rings. The average Bonchev–Trinajstić information content (AvgIpc) is 2.22. The Hall–Kier alpha value is -0.880. The molecular formula is C14H23NO2. The molecule has 17 heavy (non-hydrogen) atoms. The van der Waals surface area contributed by atoms with Gasteiger partial charge in [0.2, 0.25) is 0 Å². The number of Topliss-reactive ketones (excluding diaryl/α,β-unsaturated/α-hetero) is 1. The van der Waals surface area contributed by atoms with Crippen LogP contribution in [0.4, 0.5) is 0 Å². The highest BCUT2D eigenvalue weighted by Gasteiger charge is 2.32. The summed E-state index contributed by atoms with van der Waals surface area (Å²) in [5.41, 5.74) is 0. The average molecular weight is 237 g/mol. The van der Waals surface area contributed by atoms with Crippen molar-refractivity contribution < 1.29 is 9.53 Å². The standard InChI is InChI=1S/C14H23NO2/c1-4-17-13-6-11(7-13)8-14(16)12(9-15)5-10(2)3/h10-13H,4-8H2,1-3H3. The van der Waals surface area contributed by atoms with Gasteiger partial charge in [0.25, 0.3) is 0 Å². The number of nitriles is 1. The fraction of sp³-hybridized carbons (Fsp3) is 0.857. The zero-order chi connectivity index (χ0) is 12.8. The summed E-state index contributed by atoms with van der Waals surface area (Å²) in [5.74, 6) is 0.575. The number of ether oxygens (including phenoxy) is 1. The molecule has 0 spiro atoms. The van der Waals surface area contributed by atoms with Crippen LogP contribution in [-0.4, -0.2) is 18.5 Å². The van der Waals surface area contributed by atoms with Gasteiger partial charge in [-0.3, -0.25) is 4.79 Å². The quantitative estimate of drug-likeness (QED) is 0.684. The molecule has 0 N–H and O–H groups in total. The third kappa shape index (κ3) is 4.47. The number of nitrogens with zero attached hydrogens (tertiary/aromatic N) is 1. The Morgan fingerprint density at radius 1 is 1.47 bits per heavy atom. The van der Waals surface area contributed by atoms with Gasteiger partial charge in [-0.1, -0.05) is 13.8 Å². The second-order valence-corrected chi connectivity index (χ2v) is 5.40. The number of hydrogen-bond donors (Lipinski definition) is 0. The van der Waals surface area contributed by atoms with E-state index in [2.05, 4.69) is 6.07 Å². The van der Waals surface area contributed by atoms with Crippen LogP contribution in [0.25, 0.3) is 0 Å². The second-order valence-electron chi connectivity index (χ2n) is 5.40. The largest absolute Gasteiger partial charge is 0.378 e. The third-order valence-electron chi connectivity index (χ3n) is 3.34. The Labute approximate surface area is 104 Å². The second kappa shape index (κ2) is 6.76. The Bertz CT molecular complexity index is 287. The number of hydrogen-bond acceptors (Lipinski definition) is 3. The van der Waals surface area contributed by atoms with Crippen molar-refractivity contribution in [2.24, 2.45) is 17.8 Å². The molecule has 96 valence electrons. The first-order valence-corrected chi connectivity index (χ1v) is 6.60. The summed E-state index contributed by atoms with van der Waals surface area (Å²) >= 11 is 0. The van der Waals surface area contributed by atoms with E-state index in [9.17, 15) is 4.79 Å². The molecule has 0 bridgehead atoms. The van der Waals surface area contributed by atoms with Crippen molar-refractivity contribution in [1.82, 2.24) is 0 Å². The molecule has 3 heteroatoms. The van der Waals surface area contributed by atoms with E-state index in [4.69, 9.17) is 10.00 Å². The van der Waals surface area contributed by atoms with Crippen LogP contribution in [-0.2, 0) is 9.53 Å². The minimum atomic E-state index is -0.402. The van der Waals surface area contributed by atoms with Crippen molar-refractivity contribution in [1.29, 1.82) is 5.26 Å². The minimum absolute atomic E-state index is 0.126. The zero-order valence-electron chi connectivity index (χ0n) is 11.1. The van der Waals surface area contributed by atoms with Crippen LogP contribution in [0, 0.1) is 29.1 Å².